The van der Waals surface area contributed by atoms with E-state index >= 15 is 0 Å². The van der Waals surface area contributed by atoms with Gasteiger partial charge in [0.1, 0.15) is 0 Å². The Labute approximate surface area is 185 Å². The molecule has 0 aromatic heterocycles. The summed E-state index contributed by atoms with van der Waals surface area (Å²) < 4.78 is 0. The van der Waals surface area contributed by atoms with Gasteiger partial charge >= 0.3 is 6.03 Å². The van der Waals surface area contributed by atoms with Gasteiger partial charge in [0.25, 0.3) is 5.91 Å². The number of carbonyl (C=O) groups excluding carboxylic acids is 4. The summed E-state index contributed by atoms with van der Waals surface area (Å²) in [6, 6.07) is -1.62. The maximum atomic E-state index is 13.1. The highest BCUT2D eigenvalue weighted by Gasteiger charge is 2.39. The van der Waals surface area contributed by atoms with Crippen LogP contribution in [0.4, 0.5) is 4.79 Å². The number of amides is 4. The molecule has 2 heterocycles. The molecule has 0 saturated carbocycles. The zero-order valence-electron chi connectivity index (χ0n) is 18.5. The molecule has 2 rings (SSSR count). The third-order valence-electron chi connectivity index (χ3n) is 5.33. The molecule has 172 valence electrons. The van der Waals surface area contributed by atoms with Crippen LogP contribution in [0.1, 0.15) is 40.0 Å². The summed E-state index contributed by atoms with van der Waals surface area (Å²) in [5.74, 6) is 2.39. The average molecular weight is 452 g/mol. The third-order valence-corrected chi connectivity index (χ3v) is 6.39. The maximum absolute atomic E-state index is 13.1. The SMILES string of the molecule is C=CCNC(=O)C(=O)C(CCC)NC(=O)[C@@H]1[C@@H](C)CCN1C[C@H](C)NC(=O)NP1C=C1. The van der Waals surface area contributed by atoms with Crippen molar-refractivity contribution in [3.63, 3.8) is 0 Å². The Balaban J connectivity index is 1.95. The van der Waals surface area contributed by atoms with Crippen LogP contribution in [-0.2, 0) is 14.4 Å². The Morgan fingerprint density at radius 3 is 2.58 bits per heavy atom. The van der Waals surface area contributed by atoms with Crippen molar-refractivity contribution in [2.75, 3.05) is 19.6 Å². The van der Waals surface area contributed by atoms with Crippen molar-refractivity contribution in [3.05, 3.63) is 24.3 Å². The smallest absolute Gasteiger partial charge is 0.318 e. The molecule has 4 amide bonds. The molecule has 1 unspecified atom stereocenters. The largest absolute Gasteiger partial charge is 0.346 e. The number of hydrogen-bond acceptors (Lipinski definition) is 5. The summed E-state index contributed by atoms with van der Waals surface area (Å²) in [6.07, 6.45) is 3.39. The van der Waals surface area contributed by atoms with E-state index in [1.807, 2.05) is 37.3 Å². The molecule has 10 heteroatoms. The lowest BCUT2D eigenvalue weighted by Gasteiger charge is -2.30. The number of hydrogen-bond donors (Lipinski definition) is 4. The molecule has 9 nitrogen and oxygen atoms in total. The molecule has 1 fully saturated rings. The summed E-state index contributed by atoms with van der Waals surface area (Å²) in [5, 5.41) is 11.0. The van der Waals surface area contributed by atoms with Gasteiger partial charge in [-0.3, -0.25) is 19.3 Å². The Kier molecular flexibility index (Phi) is 9.65. The van der Waals surface area contributed by atoms with Gasteiger partial charge in [-0.15, -0.1) is 6.58 Å². The van der Waals surface area contributed by atoms with Crippen molar-refractivity contribution in [1.29, 1.82) is 0 Å². The van der Waals surface area contributed by atoms with E-state index in [-0.39, 0.29) is 30.4 Å². The first-order chi connectivity index (χ1) is 14.8. The molecule has 0 aromatic rings. The quantitative estimate of drug-likeness (QED) is 0.203. The second-order valence-electron chi connectivity index (χ2n) is 8.11. The number of urea groups is 1. The molecule has 4 atom stereocenters. The first-order valence-electron chi connectivity index (χ1n) is 10.8. The molecule has 4 N–H and O–H groups in total. The molecule has 0 aliphatic carbocycles. The fourth-order valence-corrected chi connectivity index (χ4v) is 4.47. The van der Waals surface area contributed by atoms with Crippen LogP contribution in [-0.4, -0.2) is 66.3 Å². The van der Waals surface area contributed by atoms with Crippen LogP contribution in [0, 0.1) is 5.92 Å². The first-order valence-corrected chi connectivity index (χ1v) is 12.3. The van der Waals surface area contributed by atoms with Crippen LogP contribution in [0.15, 0.2) is 24.3 Å². The molecular weight excluding hydrogens is 417 g/mol. The van der Waals surface area contributed by atoms with E-state index in [0.29, 0.717) is 19.4 Å². The molecular formula is C21H34N5O4P. The number of nitrogens with zero attached hydrogens (tertiary/aromatic N) is 1. The van der Waals surface area contributed by atoms with Gasteiger partial charge in [-0.25, -0.2) is 4.79 Å². The van der Waals surface area contributed by atoms with Crippen molar-refractivity contribution < 1.29 is 19.2 Å². The number of likely N-dealkylation sites (tertiary alicyclic amines) is 1. The van der Waals surface area contributed by atoms with Gasteiger partial charge in [-0.2, -0.15) is 0 Å². The highest BCUT2D eigenvalue weighted by Crippen LogP contribution is 2.47. The second kappa shape index (κ2) is 12.0. The minimum absolute atomic E-state index is 0.104. The predicted molar refractivity (Wildman–Crippen MR) is 121 cm³/mol. The Hall–Kier alpha value is -2.25. The summed E-state index contributed by atoms with van der Waals surface area (Å²) >= 11 is 0. The van der Waals surface area contributed by atoms with E-state index in [2.05, 4.69) is 27.6 Å². The van der Waals surface area contributed by atoms with Crippen LogP contribution < -0.4 is 21.0 Å². The van der Waals surface area contributed by atoms with Crippen LogP contribution in [0.5, 0.6) is 0 Å². The van der Waals surface area contributed by atoms with Crippen molar-refractivity contribution in [1.82, 2.24) is 25.9 Å². The first kappa shape index (κ1) is 25.0. The summed E-state index contributed by atoms with van der Waals surface area (Å²) in [4.78, 5) is 51.7. The number of nitrogens with one attached hydrogen (secondary N) is 4. The molecule has 2 aliphatic heterocycles. The molecule has 0 radical (unpaired) electrons. The van der Waals surface area contributed by atoms with Crippen LogP contribution in [0.25, 0.3) is 0 Å². The Morgan fingerprint density at radius 2 is 1.97 bits per heavy atom. The van der Waals surface area contributed by atoms with Gasteiger partial charge in [-0.05, 0) is 43.9 Å². The number of rotatable bonds is 12. The van der Waals surface area contributed by atoms with E-state index < -0.39 is 31.8 Å². The molecule has 1 saturated heterocycles. The minimum atomic E-state index is -0.855. The van der Waals surface area contributed by atoms with Crippen molar-refractivity contribution in [2.45, 2.75) is 58.2 Å². The van der Waals surface area contributed by atoms with E-state index in [4.69, 9.17) is 0 Å². The lowest BCUT2D eigenvalue weighted by atomic mass is 10.00. The van der Waals surface area contributed by atoms with Crippen molar-refractivity contribution in [2.24, 2.45) is 5.92 Å². The van der Waals surface area contributed by atoms with E-state index in [1.165, 1.54) is 6.08 Å². The van der Waals surface area contributed by atoms with Gasteiger partial charge in [-0.1, -0.05) is 26.3 Å². The maximum Gasteiger partial charge on any atom is 0.318 e. The molecule has 2 aliphatic rings. The summed E-state index contributed by atoms with van der Waals surface area (Å²) in [6.45, 7) is 10.8. The lowest BCUT2D eigenvalue weighted by Crippen LogP contribution is -2.55. The summed E-state index contributed by atoms with van der Waals surface area (Å²) in [5.41, 5.74) is 0. The topological polar surface area (TPSA) is 120 Å². The van der Waals surface area contributed by atoms with E-state index in [0.717, 1.165) is 13.0 Å². The third kappa shape index (κ3) is 7.74. The monoisotopic (exact) mass is 451 g/mol. The van der Waals surface area contributed by atoms with Gasteiger partial charge in [0.05, 0.1) is 12.1 Å². The van der Waals surface area contributed by atoms with Gasteiger partial charge in [0, 0.05) is 27.2 Å². The Bertz CT molecular complexity index is 723. The van der Waals surface area contributed by atoms with E-state index in [1.54, 1.807) is 0 Å². The molecule has 0 spiro atoms. The fourth-order valence-electron chi connectivity index (χ4n) is 3.76. The highest BCUT2D eigenvalue weighted by molar-refractivity contribution is 7.69. The van der Waals surface area contributed by atoms with Gasteiger partial charge < -0.3 is 21.0 Å². The molecule has 31 heavy (non-hydrogen) atoms. The fraction of sp³-hybridized carbons (Fsp3) is 0.619. The zero-order valence-corrected chi connectivity index (χ0v) is 19.4. The van der Waals surface area contributed by atoms with Crippen LogP contribution in [0.2, 0.25) is 0 Å². The minimum Gasteiger partial charge on any atom is -0.346 e. The van der Waals surface area contributed by atoms with Gasteiger partial charge in [0.2, 0.25) is 11.7 Å². The number of Topliss-reactive ketones (excluding diaryl/α,β-unsaturated/α-hetero) is 1. The summed E-state index contributed by atoms with van der Waals surface area (Å²) in [7, 11) is -0.551. The van der Waals surface area contributed by atoms with Crippen molar-refractivity contribution in [3.8, 4) is 0 Å². The number of ketones is 1. The van der Waals surface area contributed by atoms with Crippen LogP contribution >= 0.6 is 8.07 Å². The highest BCUT2D eigenvalue weighted by atomic mass is 31.1. The zero-order chi connectivity index (χ0) is 23.0. The molecule has 0 aromatic carbocycles. The molecule has 0 bridgehead atoms. The lowest BCUT2D eigenvalue weighted by molar-refractivity contribution is -0.140. The standard InChI is InChI=1S/C21H34N5O4P/c1-5-7-16(18(27)20(29)22-9-6-2)24-19(28)17-14(3)8-10-26(17)13-15(4)23-21(30)25-31-11-12-31/h6,11-12,14-17H,2,5,7-10,13H2,1,3-4H3,(H,22,29)(H,24,28)(H2,23,25,30)/t14-,15-,16?,17-/m0/s1. The van der Waals surface area contributed by atoms with Crippen LogP contribution in [0.3, 0.4) is 0 Å². The average Bonchev–Trinajstić information content (AvgIpc) is 3.45. The number of carbonyl (C=O) groups is 4. The van der Waals surface area contributed by atoms with E-state index in [9.17, 15) is 19.2 Å². The van der Waals surface area contributed by atoms with Gasteiger partial charge in [0.15, 0.2) is 0 Å². The normalized spacial score (nSPS) is 22.3. The Morgan fingerprint density at radius 1 is 1.26 bits per heavy atom. The second-order valence-corrected chi connectivity index (χ2v) is 9.74. The van der Waals surface area contributed by atoms with Crippen molar-refractivity contribution >= 4 is 31.7 Å². The predicted octanol–water partition coefficient (Wildman–Crippen LogP) is 1.42.